The van der Waals surface area contributed by atoms with E-state index in [1.807, 2.05) is 13.8 Å². The molecule has 1 aromatic rings. The van der Waals surface area contributed by atoms with E-state index in [0.717, 1.165) is 36.9 Å². The van der Waals surface area contributed by atoms with Crippen LogP contribution >= 0.6 is 11.3 Å². The molecule has 4 nitrogen and oxygen atoms in total. The minimum Gasteiger partial charge on any atom is -0.396 e. The van der Waals surface area contributed by atoms with Crippen LogP contribution in [0.15, 0.2) is 0 Å². The molecule has 1 fully saturated rings. The third kappa shape index (κ3) is 3.06. The van der Waals surface area contributed by atoms with Crippen LogP contribution in [0.1, 0.15) is 55.3 Å². The number of hydrogen-bond donors (Lipinski definition) is 1. The molecule has 0 amide bonds. The molecule has 0 bridgehead atoms. The highest BCUT2D eigenvalue weighted by atomic mass is 32.1. The number of nitrogens with two attached hydrogens (primary N) is 1. The van der Waals surface area contributed by atoms with Crippen LogP contribution in [-0.2, 0) is 0 Å². The Balaban J connectivity index is 2.30. The monoisotopic (exact) mass is 305 g/mol. The number of anilines is 2. The lowest BCUT2D eigenvalue weighted by molar-refractivity contribution is 0.0944. The predicted molar refractivity (Wildman–Crippen MR) is 87.8 cm³/mol. The molecule has 0 aliphatic carbocycles. The number of hydrogen-bond acceptors (Lipinski definition) is 5. The van der Waals surface area contributed by atoms with E-state index < -0.39 is 0 Å². The third-order valence-electron chi connectivity index (χ3n) is 4.27. The number of piperidine rings is 1. The summed E-state index contributed by atoms with van der Waals surface area (Å²) >= 11 is 1.39. The normalized spacial score (nSPS) is 16.2. The summed E-state index contributed by atoms with van der Waals surface area (Å²) in [7, 11) is 0. The summed E-state index contributed by atoms with van der Waals surface area (Å²) in [6, 6.07) is 2.19. The lowest BCUT2D eigenvalue weighted by atomic mass is 9.94. The first-order chi connectivity index (χ1) is 9.99. The number of nitrogens with zero attached hydrogens (tertiary/aromatic N) is 2. The summed E-state index contributed by atoms with van der Waals surface area (Å²) in [5.41, 5.74) is 6.91. The van der Waals surface area contributed by atoms with Gasteiger partial charge in [-0.3, -0.25) is 4.79 Å². The maximum absolute atomic E-state index is 12.2. The Labute approximate surface area is 130 Å². The van der Waals surface area contributed by atoms with Gasteiger partial charge in [-0.05, 0) is 18.8 Å². The van der Waals surface area contributed by atoms with E-state index in [9.17, 15) is 10.1 Å². The molecule has 2 rings (SSSR count). The van der Waals surface area contributed by atoms with Gasteiger partial charge in [0.15, 0.2) is 5.78 Å². The van der Waals surface area contributed by atoms with Crippen molar-refractivity contribution in [1.29, 1.82) is 5.26 Å². The quantitative estimate of drug-likeness (QED) is 0.862. The number of nitriles is 1. The second-order valence-corrected chi connectivity index (χ2v) is 6.99. The molecule has 21 heavy (non-hydrogen) atoms. The van der Waals surface area contributed by atoms with Crippen molar-refractivity contribution in [3.05, 3.63) is 10.4 Å². The lowest BCUT2D eigenvalue weighted by Crippen LogP contribution is -2.33. The molecule has 1 aromatic heterocycles. The molecular formula is C16H23N3OS. The Kier molecular flexibility index (Phi) is 4.89. The van der Waals surface area contributed by atoms with Crippen LogP contribution in [0.2, 0.25) is 0 Å². The van der Waals surface area contributed by atoms with Gasteiger partial charge in [0.25, 0.3) is 0 Å². The standard InChI is InChI=1S/C16H23N3OS/c1-4-11-5-7-19(8-6-11)16-12(9-17)13(18)15(21-16)14(20)10(2)3/h10-11H,4-8,18H2,1-3H3. The molecule has 114 valence electrons. The van der Waals surface area contributed by atoms with Gasteiger partial charge in [0.1, 0.15) is 16.6 Å². The molecule has 1 aliphatic rings. The first-order valence-corrected chi connectivity index (χ1v) is 8.42. The zero-order valence-electron chi connectivity index (χ0n) is 13.0. The first kappa shape index (κ1) is 15.8. The van der Waals surface area contributed by atoms with Crippen molar-refractivity contribution in [3.8, 4) is 6.07 Å². The van der Waals surface area contributed by atoms with Crippen LogP contribution in [0.25, 0.3) is 0 Å². The highest BCUT2D eigenvalue weighted by Gasteiger charge is 2.27. The highest BCUT2D eigenvalue weighted by molar-refractivity contribution is 7.19. The van der Waals surface area contributed by atoms with Gasteiger partial charge in [-0.2, -0.15) is 5.26 Å². The highest BCUT2D eigenvalue weighted by Crippen LogP contribution is 2.40. The fourth-order valence-corrected chi connectivity index (χ4v) is 4.06. The number of rotatable bonds is 4. The molecule has 0 saturated carbocycles. The molecule has 2 N–H and O–H groups in total. The van der Waals surface area contributed by atoms with E-state index in [1.54, 1.807) is 0 Å². The van der Waals surface area contributed by atoms with Crippen molar-refractivity contribution in [3.63, 3.8) is 0 Å². The van der Waals surface area contributed by atoms with E-state index in [2.05, 4.69) is 17.9 Å². The zero-order chi connectivity index (χ0) is 15.6. The SMILES string of the molecule is CCC1CCN(c2sc(C(=O)C(C)C)c(N)c2C#N)CC1. The minimum atomic E-state index is -0.101. The van der Waals surface area contributed by atoms with Crippen molar-refractivity contribution in [2.45, 2.75) is 40.0 Å². The van der Waals surface area contributed by atoms with Gasteiger partial charge < -0.3 is 10.6 Å². The van der Waals surface area contributed by atoms with E-state index in [1.165, 1.54) is 17.8 Å². The van der Waals surface area contributed by atoms with Gasteiger partial charge in [-0.25, -0.2) is 0 Å². The Bertz CT molecular complexity index is 563. The average molecular weight is 305 g/mol. The maximum atomic E-state index is 12.2. The molecule has 0 aromatic carbocycles. The molecule has 0 atom stereocenters. The summed E-state index contributed by atoms with van der Waals surface area (Å²) in [5.74, 6) is 0.709. The third-order valence-corrected chi connectivity index (χ3v) is 5.55. The van der Waals surface area contributed by atoms with E-state index in [4.69, 9.17) is 5.73 Å². The average Bonchev–Trinajstić information content (AvgIpc) is 2.83. The van der Waals surface area contributed by atoms with Crippen LogP contribution in [0, 0.1) is 23.2 Å². The molecule has 5 heteroatoms. The largest absolute Gasteiger partial charge is 0.396 e. The fraction of sp³-hybridized carbons (Fsp3) is 0.625. The number of nitrogen functional groups attached to an aromatic ring is 1. The Morgan fingerprint density at radius 1 is 1.48 bits per heavy atom. The van der Waals surface area contributed by atoms with Crippen LogP contribution in [0.3, 0.4) is 0 Å². The molecule has 0 radical (unpaired) electrons. The van der Waals surface area contributed by atoms with Crippen LogP contribution in [0.5, 0.6) is 0 Å². The van der Waals surface area contributed by atoms with Crippen molar-refractivity contribution < 1.29 is 4.79 Å². The van der Waals surface area contributed by atoms with Crippen LogP contribution in [-0.4, -0.2) is 18.9 Å². The van der Waals surface area contributed by atoms with Gasteiger partial charge in [0.2, 0.25) is 0 Å². The maximum Gasteiger partial charge on any atom is 0.177 e. The van der Waals surface area contributed by atoms with Gasteiger partial charge in [-0.1, -0.05) is 27.2 Å². The van der Waals surface area contributed by atoms with Gasteiger partial charge >= 0.3 is 0 Å². The molecule has 0 spiro atoms. The summed E-state index contributed by atoms with van der Waals surface area (Å²) < 4.78 is 0. The number of carbonyl (C=O) groups is 1. The molecule has 1 aliphatic heterocycles. The van der Waals surface area contributed by atoms with E-state index in [-0.39, 0.29) is 11.7 Å². The smallest absolute Gasteiger partial charge is 0.177 e. The molecule has 1 saturated heterocycles. The molecular weight excluding hydrogens is 282 g/mol. The second-order valence-electron chi connectivity index (χ2n) is 5.99. The Hall–Kier alpha value is -1.54. The van der Waals surface area contributed by atoms with E-state index in [0.29, 0.717) is 16.1 Å². The Morgan fingerprint density at radius 2 is 2.10 bits per heavy atom. The molecule has 0 unspecified atom stereocenters. The summed E-state index contributed by atoms with van der Waals surface area (Å²) in [5, 5.41) is 10.3. The summed E-state index contributed by atoms with van der Waals surface area (Å²) in [4.78, 5) is 15.0. The van der Waals surface area contributed by atoms with Crippen molar-refractivity contribution in [1.82, 2.24) is 0 Å². The summed E-state index contributed by atoms with van der Waals surface area (Å²) in [6.07, 6.45) is 3.50. The molecule has 2 heterocycles. The van der Waals surface area contributed by atoms with Crippen molar-refractivity contribution in [2.24, 2.45) is 11.8 Å². The lowest BCUT2D eigenvalue weighted by Gasteiger charge is -2.32. The number of thiophene rings is 1. The topological polar surface area (TPSA) is 70.1 Å². The van der Waals surface area contributed by atoms with Gasteiger partial charge in [-0.15, -0.1) is 11.3 Å². The summed E-state index contributed by atoms with van der Waals surface area (Å²) in [6.45, 7) is 7.84. The van der Waals surface area contributed by atoms with Crippen molar-refractivity contribution >= 4 is 27.8 Å². The van der Waals surface area contributed by atoms with Crippen molar-refractivity contribution in [2.75, 3.05) is 23.7 Å². The predicted octanol–water partition coefficient (Wildman–Crippen LogP) is 3.67. The first-order valence-electron chi connectivity index (χ1n) is 7.61. The van der Waals surface area contributed by atoms with Gasteiger partial charge in [0, 0.05) is 19.0 Å². The van der Waals surface area contributed by atoms with Gasteiger partial charge in [0.05, 0.1) is 10.6 Å². The fourth-order valence-electron chi connectivity index (χ4n) is 2.75. The zero-order valence-corrected chi connectivity index (χ0v) is 13.8. The van der Waals surface area contributed by atoms with Crippen LogP contribution < -0.4 is 10.6 Å². The second kappa shape index (κ2) is 6.48. The number of Topliss-reactive ketones (excluding diaryl/α,β-unsaturated/α-hetero) is 1. The van der Waals surface area contributed by atoms with Crippen LogP contribution in [0.4, 0.5) is 10.7 Å². The number of ketones is 1. The Morgan fingerprint density at radius 3 is 2.57 bits per heavy atom. The van der Waals surface area contributed by atoms with E-state index >= 15 is 0 Å². The number of carbonyl (C=O) groups excluding carboxylic acids is 1. The minimum absolute atomic E-state index is 0.0312.